The second-order valence-corrected chi connectivity index (χ2v) is 3.82. The molecular weight excluding hydrogens is 226 g/mol. The highest BCUT2D eigenvalue weighted by molar-refractivity contribution is 6.30. The highest BCUT2D eigenvalue weighted by atomic mass is 35.5. The third-order valence-corrected chi connectivity index (χ3v) is 2.44. The molecule has 0 spiro atoms. The zero-order valence-electron chi connectivity index (χ0n) is 8.61. The largest absolute Gasteiger partial charge is 0.462 e. The molecule has 1 heterocycles. The lowest BCUT2D eigenvalue weighted by Crippen LogP contribution is -1.97. The second-order valence-electron chi connectivity index (χ2n) is 3.39. The van der Waals surface area contributed by atoms with E-state index in [9.17, 15) is 0 Å². The summed E-state index contributed by atoms with van der Waals surface area (Å²) in [6.07, 6.45) is 0. The number of nitrogens with one attached hydrogen (secondary N) is 1. The van der Waals surface area contributed by atoms with Crippen molar-refractivity contribution in [3.8, 4) is 0 Å². The van der Waals surface area contributed by atoms with Gasteiger partial charge in [-0.25, -0.2) is 0 Å². The number of aliphatic hydroxyl groups is 1. The van der Waals surface area contributed by atoms with Gasteiger partial charge in [-0.3, -0.25) is 0 Å². The summed E-state index contributed by atoms with van der Waals surface area (Å²) in [6, 6.07) is 11.1. The van der Waals surface area contributed by atoms with Crippen LogP contribution >= 0.6 is 11.6 Å². The lowest BCUT2D eigenvalue weighted by molar-refractivity contribution is 0.244. The van der Waals surface area contributed by atoms with Gasteiger partial charge >= 0.3 is 0 Å². The quantitative estimate of drug-likeness (QED) is 0.859. The fraction of sp³-hybridized carbons (Fsp3) is 0.167. The van der Waals surface area contributed by atoms with Crippen LogP contribution in [-0.2, 0) is 13.2 Å². The molecule has 0 unspecified atom stereocenters. The Morgan fingerprint density at radius 2 is 1.75 bits per heavy atom. The van der Waals surface area contributed by atoms with Gasteiger partial charge < -0.3 is 14.8 Å². The predicted molar refractivity (Wildman–Crippen MR) is 63.4 cm³/mol. The fourth-order valence-electron chi connectivity index (χ4n) is 1.36. The lowest BCUT2D eigenvalue weighted by atomic mass is 10.3. The van der Waals surface area contributed by atoms with Crippen molar-refractivity contribution in [1.29, 1.82) is 0 Å². The van der Waals surface area contributed by atoms with E-state index >= 15 is 0 Å². The second kappa shape index (κ2) is 5.05. The first-order chi connectivity index (χ1) is 7.78. The number of aliphatic hydroxyl groups excluding tert-OH is 1. The topological polar surface area (TPSA) is 45.4 Å². The molecule has 0 saturated carbocycles. The molecule has 0 fully saturated rings. The van der Waals surface area contributed by atoms with E-state index in [4.69, 9.17) is 21.1 Å². The Bertz CT molecular complexity index is 450. The molecule has 0 amide bonds. The van der Waals surface area contributed by atoms with Crippen LogP contribution in [0, 0.1) is 0 Å². The highest BCUT2D eigenvalue weighted by Gasteiger charge is 2.00. The van der Waals surface area contributed by atoms with Crippen molar-refractivity contribution >= 4 is 17.3 Å². The number of furan rings is 1. The van der Waals surface area contributed by atoms with Crippen molar-refractivity contribution in [2.45, 2.75) is 13.2 Å². The Hall–Kier alpha value is -1.45. The Balaban J connectivity index is 1.94. The van der Waals surface area contributed by atoms with Crippen molar-refractivity contribution in [3.05, 3.63) is 52.9 Å². The van der Waals surface area contributed by atoms with Crippen LogP contribution in [0.3, 0.4) is 0 Å². The molecule has 0 aliphatic rings. The van der Waals surface area contributed by atoms with Crippen LogP contribution in [0.4, 0.5) is 5.69 Å². The molecule has 1 aromatic heterocycles. The predicted octanol–water partition coefficient (Wildman–Crippen LogP) is 3.04. The van der Waals surface area contributed by atoms with Gasteiger partial charge in [0.2, 0.25) is 0 Å². The maximum absolute atomic E-state index is 8.84. The molecule has 84 valence electrons. The van der Waals surface area contributed by atoms with Gasteiger partial charge in [-0.05, 0) is 36.4 Å². The lowest BCUT2D eigenvalue weighted by Gasteiger charge is -2.03. The molecule has 0 saturated heterocycles. The van der Waals surface area contributed by atoms with Gasteiger partial charge in [-0.2, -0.15) is 0 Å². The molecule has 1 aromatic carbocycles. The van der Waals surface area contributed by atoms with Gasteiger partial charge in [0.05, 0.1) is 6.54 Å². The van der Waals surface area contributed by atoms with Crippen molar-refractivity contribution in [1.82, 2.24) is 0 Å². The van der Waals surface area contributed by atoms with E-state index in [0.717, 1.165) is 11.4 Å². The number of halogens is 1. The number of hydrogen-bond acceptors (Lipinski definition) is 3. The van der Waals surface area contributed by atoms with E-state index in [0.29, 0.717) is 17.3 Å². The smallest absolute Gasteiger partial charge is 0.129 e. The van der Waals surface area contributed by atoms with E-state index in [-0.39, 0.29) is 6.61 Å². The minimum atomic E-state index is -0.0685. The summed E-state index contributed by atoms with van der Waals surface area (Å²) in [7, 11) is 0. The first kappa shape index (κ1) is 11.0. The zero-order valence-corrected chi connectivity index (χ0v) is 9.37. The van der Waals surface area contributed by atoms with Gasteiger partial charge in [0.25, 0.3) is 0 Å². The van der Waals surface area contributed by atoms with E-state index in [1.54, 1.807) is 6.07 Å². The average molecular weight is 238 g/mol. The molecule has 0 bridgehead atoms. The summed E-state index contributed by atoms with van der Waals surface area (Å²) in [5, 5.41) is 12.7. The molecule has 2 rings (SSSR count). The molecule has 16 heavy (non-hydrogen) atoms. The number of anilines is 1. The van der Waals surface area contributed by atoms with Crippen LogP contribution in [0.5, 0.6) is 0 Å². The Kier molecular flexibility index (Phi) is 3.49. The molecule has 0 atom stereocenters. The summed E-state index contributed by atoms with van der Waals surface area (Å²) >= 11 is 5.78. The SMILES string of the molecule is OCc1ccc(CNc2ccc(Cl)cc2)o1. The Morgan fingerprint density at radius 1 is 1.06 bits per heavy atom. The van der Waals surface area contributed by atoms with Crippen molar-refractivity contribution in [2.24, 2.45) is 0 Å². The van der Waals surface area contributed by atoms with Crippen LogP contribution in [0.15, 0.2) is 40.8 Å². The van der Waals surface area contributed by atoms with Crippen molar-refractivity contribution < 1.29 is 9.52 Å². The number of hydrogen-bond donors (Lipinski definition) is 2. The third-order valence-electron chi connectivity index (χ3n) is 2.18. The minimum Gasteiger partial charge on any atom is -0.462 e. The van der Waals surface area contributed by atoms with Gasteiger partial charge in [-0.15, -0.1) is 0 Å². The number of benzene rings is 1. The normalized spacial score (nSPS) is 10.4. The van der Waals surface area contributed by atoms with Crippen LogP contribution in [0.2, 0.25) is 5.02 Å². The molecule has 4 heteroatoms. The Morgan fingerprint density at radius 3 is 2.38 bits per heavy atom. The maximum atomic E-state index is 8.84. The number of rotatable bonds is 4. The van der Waals surface area contributed by atoms with E-state index in [2.05, 4.69) is 5.32 Å². The molecule has 0 aliphatic heterocycles. The average Bonchev–Trinajstić information content (AvgIpc) is 2.76. The maximum Gasteiger partial charge on any atom is 0.129 e. The minimum absolute atomic E-state index is 0.0685. The molecule has 3 nitrogen and oxygen atoms in total. The van der Waals surface area contributed by atoms with Gasteiger partial charge in [0.15, 0.2) is 0 Å². The van der Waals surface area contributed by atoms with Gasteiger partial charge in [0.1, 0.15) is 18.1 Å². The van der Waals surface area contributed by atoms with Crippen LogP contribution < -0.4 is 5.32 Å². The monoisotopic (exact) mass is 237 g/mol. The van der Waals surface area contributed by atoms with E-state index in [1.165, 1.54) is 0 Å². The van der Waals surface area contributed by atoms with E-state index in [1.807, 2.05) is 30.3 Å². The van der Waals surface area contributed by atoms with Crippen LogP contribution in [0.25, 0.3) is 0 Å². The zero-order chi connectivity index (χ0) is 11.4. The summed E-state index contributed by atoms with van der Waals surface area (Å²) in [5.41, 5.74) is 0.978. The standard InChI is InChI=1S/C12H12ClNO2/c13-9-1-3-10(4-2-9)14-7-11-5-6-12(8-15)16-11/h1-6,14-15H,7-8H2. The summed E-state index contributed by atoms with van der Waals surface area (Å²) in [4.78, 5) is 0. The molecular formula is C12H12ClNO2. The Labute approximate surface area is 98.7 Å². The molecule has 2 N–H and O–H groups in total. The summed E-state index contributed by atoms with van der Waals surface area (Å²) in [6.45, 7) is 0.516. The first-order valence-corrected chi connectivity index (χ1v) is 5.33. The third kappa shape index (κ3) is 2.78. The van der Waals surface area contributed by atoms with E-state index < -0.39 is 0 Å². The fourth-order valence-corrected chi connectivity index (χ4v) is 1.49. The van der Waals surface area contributed by atoms with Gasteiger partial charge in [-0.1, -0.05) is 11.6 Å². The molecule has 0 aliphatic carbocycles. The van der Waals surface area contributed by atoms with Crippen LogP contribution in [-0.4, -0.2) is 5.11 Å². The summed E-state index contributed by atoms with van der Waals surface area (Å²) in [5.74, 6) is 1.37. The van der Waals surface area contributed by atoms with Crippen molar-refractivity contribution in [3.63, 3.8) is 0 Å². The highest BCUT2D eigenvalue weighted by Crippen LogP contribution is 2.15. The van der Waals surface area contributed by atoms with Crippen molar-refractivity contribution in [2.75, 3.05) is 5.32 Å². The van der Waals surface area contributed by atoms with Gasteiger partial charge in [0, 0.05) is 10.7 Å². The molecule has 2 aromatic rings. The molecule has 0 radical (unpaired) electrons. The first-order valence-electron chi connectivity index (χ1n) is 4.96. The van der Waals surface area contributed by atoms with Crippen LogP contribution in [0.1, 0.15) is 11.5 Å². The summed E-state index contributed by atoms with van der Waals surface area (Å²) < 4.78 is 5.34.